The predicted molar refractivity (Wildman–Crippen MR) is 71.2 cm³/mol. The molecular weight excluding hydrogens is 275 g/mol. The molecule has 0 saturated carbocycles. The molecule has 1 aromatic carbocycles. The van der Waals surface area contributed by atoms with Crippen molar-refractivity contribution in [2.45, 2.75) is 25.1 Å². The first kappa shape index (κ1) is 15.0. The molecule has 0 radical (unpaired) electrons. The highest BCUT2D eigenvalue weighted by Gasteiger charge is 2.18. The average Bonchev–Trinajstić information content (AvgIpc) is 2.37. The number of ether oxygens (including phenoxy) is 1. The van der Waals surface area contributed by atoms with Crippen molar-refractivity contribution >= 4 is 35.0 Å². The van der Waals surface area contributed by atoms with E-state index in [1.807, 2.05) is 0 Å². The second kappa shape index (κ2) is 6.76. The van der Waals surface area contributed by atoms with Crippen LogP contribution >= 0.6 is 23.2 Å². The van der Waals surface area contributed by atoms with Gasteiger partial charge in [-0.25, -0.2) is 4.79 Å². The monoisotopic (exact) mass is 288 g/mol. The van der Waals surface area contributed by atoms with Gasteiger partial charge in [0.15, 0.2) is 5.78 Å². The highest BCUT2D eigenvalue weighted by atomic mass is 35.5. The van der Waals surface area contributed by atoms with Crippen molar-refractivity contribution in [3.63, 3.8) is 0 Å². The molecule has 0 aliphatic rings. The normalized spacial score (nSPS) is 12.0. The van der Waals surface area contributed by atoms with E-state index in [0.29, 0.717) is 16.7 Å². The molecule has 1 aromatic rings. The Bertz CT molecular complexity index is 458. The summed E-state index contributed by atoms with van der Waals surface area (Å²) in [6.07, 6.45) is 0. The van der Waals surface area contributed by atoms with Gasteiger partial charge in [0.2, 0.25) is 0 Å². The number of Topliss-reactive ketones (excluding diaryl/α,β-unsaturated/α-hetero) is 1. The molecular formula is C13H14Cl2O3. The van der Waals surface area contributed by atoms with E-state index in [1.54, 1.807) is 25.1 Å². The summed E-state index contributed by atoms with van der Waals surface area (Å²) in [5.41, 5.74) is 1.59. The van der Waals surface area contributed by atoms with Gasteiger partial charge in [-0.15, -0.1) is 23.2 Å². The summed E-state index contributed by atoms with van der Waals surface area (Å²) in [4.78, 5) is 23.0. The van der Waals surface area contributed by atoms with E-state index in [2.05, 4.69) is 0 Å². The van der Waals surface area contributed by atoms with Crippen molar-refractivity contribution < 1.29 is 14.3 Å². The molecule has 1 atom stereocenters. The lowest BCUT2D eigenvalue weighted by molar-refractivity contribution is -0.116. The molecule has 0 aliphatic carbocycles. The molecule has 5 heteroatoms. The summed E-state index contributed by atoms with van der Waals surface area (Å²) in [5.74, 6) is -0.436. The van der Waals surface area contributed by atoms with Crippen LogP contribution in [0.1, 0.15) is 40.7 Å². The number of ketones is 1. The molecule has 1 rings (SSSR count). The Kier molecular flexibility index (Phi) is 5.63. The number of esters is 1. The van der Waals surface area contributed by atoms with E-state index in [-0.39, 0.29) is 18.3 Å². The molecule has 0 bridgehead atoms. The van der Waals surface area contributed by atoms with Gasteiger partial charge in [0.1, 0.15) is 5.38 Å². The zero-order chi connectivity index (χ0) is 13.7. The SMILES string of the molecule is CCOC(=O)c1cc(C(Cl)C(C)=O)ccc1CCl. The lowest BCUT2D eigenvalue weighted by Crippen LogP contribution is -2.10. The molecule has 0 fully saturated rings. The van der Waals surface area contributed by atoms with Crippen LogP contribution in [0.5, 0.6) is 0 Å². The van der Waals surface area contributed by atoms with Gasteiger partial charge in [0, 0.05) is 5.88 Å². The van der Waals surface area contributed by atoms with Crippen LogP contribution in [-0.4, -0.2) is 18.4 Å². The minimum absolute atomic E-state index is 0.176. The van der Waals surface area contributed by atoms with E-state index in [0.717, 1.165) is 0 Å². The minimum atomic E-state index is -0.762. The van der Waals surface area contributed by atoms with Crippen LogP contribution in [0.25, 0.3) is 0 Å². The largest absolute Gasteiger partial charge is 0.462 e. The van der Waals surface area contributed by atoms with Crippen LogP contribution in [0, 0.1) is 0 Å². The number of carbonyl (C=O) groups excluding carboxylic acids is 2. The molecule has 98 valence electrons. The van der Waals surface area contributed by atoms with Gasteiger partial charge in [-0.05, 0) is 31.0 Å². The van der Waals surface area contributed by atoms with E-state index in [4.69, 9.17) is 27.9 Å². The van der Waals surface area contributed by atoms with E-state index in [9.17, 15) is 9.59 Å². The van der Waals surface area contributed by atoms with Gasteiger partial charge < -0.3 is 4.74 Å². The Morgan fingerprint density at radius 1 is 1.39 bits per heavy atom. The van der Waals surface area contributed by atoms with Crippen molar-refractivity contribution in [3.05, 3.63) is 34.9 Å². The van der Waals surface area contributed by atoms with Crippen LogP contribution in [0.15, 0.2) is 18.2 Å². The van der Waals surface area contributed by atoms with Crippen LogP contribution in [0.2, 0.25) is 0 Å². The highest BCUT2D eigenvalue weighted by molar-refractivity contribution is 6.30. The molecule has 1 unspecified atom stereocenters. The fourth-order valence-corrected chi connectivity index (χ4v) is 1.87. The zero-order valence-electron chi connectivity index (χ0n) is 10.2. The second-order valence-corrected chi connectivity index (χ2v) is 4.45. The first-order valence-electron chi connectivity index (χ1n) is 5.51. The maximum atomic E-state index is 11.8. The molecule has 0 heterocycles. The van der Waals surface area contributed by atoms with Gasteiger partial charge in [0.05, 0.1) is 12.2 Å². The van der Waals surface area contributed by atoms with Crippen molar-refractivity contribution in [1.29, 1.82) is 0 Å². The minimum Gasteiger partial charge on any atom is -0.462 e. The first-order chi connectivity index (χ1) is 8.51. The molecule has 0 N–H and O–H groups in total. The smallest absolute Gasteiger partial charge is 0.338 e. The Morgan fingerprint density at radius 2 is 2.06 bits per heavy atom. The number of hydrogen-bond donors (Lipinski definition) is 0. The van der Waals surface area contributed by atoms with Crippen LogP contribution in [0.4, 0.5) is 0 Å². The van der Waals surface area contributed by atoms with Crippen LogP contribution in [-0.2, 0) is 15.4 Å². The van der Waals surface area contributed by atoms with Crippen molar-refractivity contribution in [1.82, 2.24) is 0 Å². The Morgan fingerprint density at radius 3 is 2.56 bits per heavy atom. The summed E-state index contributed by atoms with van der Waals surface area (Å²) < 4.78 is 4.94. The summed E-state index contributed by atoms with van der Waals surface area (Å²) in [7, 11) is 0. The van der Waals surface area contributed by atoms with E-state index in [1.165, 1.54) is 6.92 Å². The number of rotatable bonds is 5. The van der Waals surface area contributed by atoms with E-state index < -0.39 is 11.3 Å². The number of alkyl halides is 2. The standard InChI is InChI=1S/C13H14Cl2O3/c1-3-18-13(17)11-6-9(12(15)8(2)16)4-5-10(11)7-14/h4-6,12H,3,7H2,1-2H3. The number of hydrogen-bond acceptors (Lipinski definition) is 3. The molecule has 18 heavy (non-hydrogen) atoms. The number of benzene rings is 1. The lowest BCUT2D eigenvalue weighted by atomic mass is 10.0. The van der Waals surface area contributed by atoms with Gasteiger partial charge in [0.25, 0.3) is 0 Å². The molecule has 0 amide bonds. The third kappa shape index (κ3) is 3.47. The fraction of sp³-hybridized carbons (Fsp3) is 0.385. The summed E-state index contributed by atoms with van der Waals surface area (Å²) in [6, 6.07) is 4.95. The van der Waals surface area contributed by atoms with Gasteiger partial charge in [-0.2, -0.15) is 0 Å². The zero-order valence-corrected chi connectivity index (χ0v) is 11.7. The first-order valence-corrected chi connectivity index (χ1v) is 6.48. The summed E-state index contributed by atoms with van der Waals surface area (Å²) in [5, 5.41) is -0.762. The van der Waals surface area contributed by atoms with Gasteiger partial charge >= 0.3 is 5.97 Å². The van der Waals surface area contributed by atoms with Crippen molar-refractivity contribution in [3.8, 4) is 0 Å². The Hall–Kier alpha value is -1.06. The van der Waals surface area contributed by atoms with Crippen LogP contribution < -0.4 is 0 Å². The summed E-state index contributed by atoms with van der Waals surface area (Å²) >= 11 is 11.7. The number of carbonyl (C=O) groups is 2. The topological polar surface area (TPSA) is 43.4 Å². The van der Waals surface area contributed by atoms with Gasteiger partial charge in [-0.1, -0.05) is 12.1 Å². The molecule has 0 spiro atoms. The van der Waals surface area contributed by atoms with Crippen molar-refractivity contribution in [2.75, 3.05) is 6.61 Å². The average molecular weight is 289 g/mol. The number of halogens is 2. The van der Waals surface area contributed by atoms with Gasteiger partial charge in [-0.3, -0.25) is 4.79 Å². The molecule has 0 saturated heterocycles. The molecule has 0 aromatic heterocycles. The maximum Gasteiger partial charge on any atom is 0.338 e. The van der Waals surface area contributed by atoms with E-state index >= 15 is 0 Å². The second-order valence-electron chi connectivity index (χ2n) is 3.74. The van der Waals surface area contributed by atoms with Crippen molar-refractivity contribution in [2.24, 2.45) is 0 Å². The maximum absolute atomic E-state index is 11.8. The molecule has 0 aliphatic heterocycles. The Labute approximate surface area is 116 Å². The third-order valence-corrected chi connectivity index (χ3v) is 3.27. The third-order valence-electron chi connectivity index (χ3n) is 2.42. The predicted octanol–water partition coefficient (Wildman–Crippen LogP) is 3.47. The highest BCUT2D eigenvalue weighted by Crippen LogP contribution is 2.25. The van der Waals surface area contributed by atoms with Crippen LogP contribution in [0.3, 0.4) is 0 Å². The fourth-order valence-electron chi connectivity index (χ4n) is 1.50. The Balaban J connectivity index is 3.17. The quantitative estimate of drug-likeness (QED) is 0.615. The molecule has 3 nitrogen and oxygen atoms in total. The summed E-state index contributed by atoms with van der Waals surface area (Å²) in [6.45, 7) is 3.40. The lowest BCUT2D eigenvalue weighted by Gasteiger charge is -2.11.